The van der Waals surface area contributed by atoms with Gasteiger partial charge in [0.1, 0.15) is 12.6 Å². The molecule has 0 fully saturated rings. The summed E-state index contributed by atoms with van der Waals surface area (Å²) in [6.45, 7) is 7.18. The van der Waals surface area contributed by atoms with Crippen molar-refractivity contribution in [1.29, 1.82) is 0 Å². The van der Waals surface area contributed by atoms with Crippen molar-refractivity contribution in [3.8, 4) is 0 Å². The molecule has 3 aromatic rings. The van der Waals surface area contributed by atoms with Crippen LogP contribution in [0.1, 0.15) is 31.9 Å². The van der Waals surface area contributed by atoms with Crippen molar-refractivity contribution in [2.24, 2.45) is 5.92 Å². The van der Waals surface area contributed by atoms with Crippen molar-refractivity contribution in [3.63, 3.8) is 0 Å². The van der Waals surface area contributed by atoms with E-state index in [0.29, 0.717) is 32.9 Å². The summed E-state index contributed by atoms with van der Waals surface area (Å²) in [5.74, 6) is -0.751. The average molecular weight is 625 g/mol. The van der Waals surface area contributed by atoms with E-state index in [9.17, 15) is 18.0 Å². The fourth-order valence-corrected chi connectivity index (χ4v) is 5.91. The molecular weight excluding hydrogens is 593 g/mol. The van der Waals surface area contributed by atoms with Gasteiger partial charge in [-0.2, -0.15) is 0 Å². The molecule has 0 saturated heterocycles. The predicted octanol–water partition coefficient (Wildman–Crippen LogP) is 6.34. The summed E-state index contributed by atoms with van der Waals surface area (Å²) in [4.78, 5) is 28.3. The van der Waals surface area contributed by atoms with Gasteiger partial charge in [0.2, 0.25) is 11.8 Å². The molecule has 0 saturated carbocycles. The summed E-state index contributed by atoms with van der Waals surface area (Å²) in [5.41, 5.74) is 1.68. The van der Waals surface area contributed by atoms with Crippen molar-refractivity contribution in [1.82, 2.24) is 10.2 Å². The van der Waals surface area contributed by atoms with Crippen molar-refractivity contribution < 1.29 is 18.0 Å². The highest BCUT2D eigenvalue weighted by Gasteiger charge is 2.33. The molecule has 1 N–H and O–H groups in total. The number of nitrogens with zero attached hydrogens (tertiary/aromatic N) is 2. The van der Waals surface area contributed by atoms with Crippen LogP contribution in [0, 0.1) is 12.8 Å². The summed E-state index contributed by atoms with van der Waals surface area (Å²) in [7, 11) is -4.19. The van der Waals surface area contributed by atoms with Gasteiger partial charge in [0.15, 0.2) is 0 Å². The highest BCUT2D eigenvalue weighted by Crippen LogP contribution is 2.27. The summed E-state index contributed by atoms with van der Waals surface area (Å²) >= 11 is 18.5. The quantitative estimate of drug-likeness (QED) is 0.270. The minimum Gasteiger partial charge on any atom is -0.354 e. The first-order valence-corrected chi connectivity index (χ1v) is 15.2. The van der Waals surface area contributed by atoms with Crippen LogP contribution in [0.15, 0.2) is 71.6 Å². The SMILES string of the molecule is Cc1cccc(N(CC(=O)N(Cc2ccc(Cl)cc2Cl)[C@H](C)C(=O)NCC(C)C)S(=O)(=O)c2ccc(Cl)cc2)c1. The third kappa shape index (κ3) is 8.13. The number of carbonyl (C=O) groups excluding carboxylic acids is 2. The zero-order valence-electron chi connectivity index (χ0n) is 22.7. The number of nitrogens with one attached hydrogen (secondary N) is 1. The van der Waals surface area contributed by atoms with Crippen LogP contribution < -0.4 is 9.62 Å². The molecule has 214 valence electrons. The van der Waals surface area contributed by atoms with Crippen LogP contribution in [0.25, 0.3) is 0 Å². The fourth-order valence-electron chi connectivity index (χ4n) is 3.91. The molecule has 0 aliphatic carbocycles. The number of halogens is 3. The third-order valence-electron chi connectivity index (χ3n) is 6.18. The number of aryl methyl sites for hydroxylation is 1. The van der Waals surface area contributed by atoms with E-state index in [1.165, 1.54) is 29.2 Å². The van der Waals surface area contributed by atoms with Crippen LogP contribution in [-0.2, 0) is 26.2 Å². The fraction of sp³-hybridized carbons (Fsp3) is 0.310. The number of amides is 2. The Balaban J connectivity index is 2.04. The molecule has 11 heteroatoms. The van der Waals surface area contributed by atoms with Gasteiger partial charge in [0.05, 0.1) is 10.6 Å². The number of rotatable bonds is 11. The zero-order valence-corrected chi connectivity index (χ0v) is 25.8. The molecule has 2 amide bonds. The van der Waals surface area contributed by atoms with Crippen molar-refractivity contribution in [3.05, 3.63) is 92.9 Å². The van der Waals surface area contributed by atoms with Gasteiger partial charge in [0.25, 0.3) is 10.0 Å². The van der Waals surface area contributed by atoms with Crippen LogP contribution >= 0.6 is 34.8 Å². The molecule has 0 spiro atoms. The Labute approximate surface area is 251 Å². The van der Waals surface area contributed by atoms with Gasteiger partial charge in [-0.15, -0.1) is 0 Å². The molecule has 3 aromatic carbocycles. The molecule has 0 aliphatic rings. The molecule has 40 heavy (non-hydrogen) atoms. The number of anilines is 1. The standard InChI is InChI=1S/C29H32Cl3N3O4S/c1-19(2)16-33-29(37)21(4)34(17-22-8-9-24(31)15-27(22)32)28(36)18-35(25-7-5-6-20(3)14-25)40(38,39)26-12-10-23(30)11-13-26/h5-15,19,21H,16-18H2,1-4H3,(H,33,37)/t21-/m1/s1. The molecule has 0 unspecified atom stereocenters. The lowest BCUT2D eigenvalue weighted by Gasteiger charge is -2.32. The Kier molecular flexibility index (Phi) is 10.9. The van der Waals surface area contributed by atoms with Gasteiger partial charge in [-0.1, -0.05) is 66.8 Å². The Morgan fingerprint density at radius 2 is 1.55 bits per heavy atom. The first-order valence-electron chi connectivity index (χ1n) is 12.7. The average Bonchev–Trinajstić information content (AvgIpc) is 2.89. The van der Waals surface area contributed by atoms with Crippen molar-refractivity contribution in [2.75, 3.05) is 17.4 Å². The number of sulfonamides is 1. The maximum absolute atomic E-state index is 14.0. The highest BCUT2D eigenvalue weighted by atomic mass is 35.5. The summed E-state index contributed by atoms with van der Waals surface area (Å²) in [6.07, 6.45) is 0. The van der Waals surface area contributed by atoms with Gasteiger partial charge >= 0.3 is 0 Å². The zero-order chi connectivity index (χ0) is 29.6. The van der Waals surface area contributed by atoms with Crippen LogP contribution in [-0.4, -0.2) is 44.3 Å². The molecular formula is C29H32Cl3N3O4S. The molecule has 0 heterocycles. The molecule has 0 aromatic heterocycles. The number of carbonyl (C=O) groups is 2. The molecule has 7 nitrogen and oxygen atoms in total. The van der Waals surface area contributed by atoms with Gasteiger partial charge < -0.3 is 10.2 Å². The molecule has 0 aliphatic heterocycles. The summed E-state index contributed by atoms with van der Waals surface area (Å²) in [6, 6.07) is 16.5. The summed E-state index contributed by atoms with van der Waals surface area (Å²) in [5, 5.41) is 3.98. The van der Waals surface area contributed by atoms with Crippen molar-refractivity contribution >= 4 is 62.3 Å². The van der Waals surface area contributed by atoms with Gasteiger partial charge in [-0.25, -0.2) is 8.42 Å². The minimum absolute atomic E-state index is 0.0266. The smallest absolute Gasteiger partial charge is 0.264 e. The van der Waals surface area contributed by atoms with Gasteiger partial charge in [-0.3, -0.25) is 13.9 Å². The third-order valence-corrected chi connectivity index (χ3v) is 8.80. The first kappa shape index (κ1) is 31.7. The van der Waals surface area contributed by atoms with E-state index in [1.807, 2.05) is 26.8 Å². The van der Waals surface area contributed by atoms with E-state index < -0.39 is 28.5 Å². The highest BCUT2D eigenvalue weighted by molar-refractivity contribution is 7.92. The van der Waals surface area contributed by atoms with E-state index in [-0.39, 0.29) is 23.3 Å². The number of hydrogen-bond donors (Lipinski definition) is 1. The molecule has 0 radical (unpaired) electrons. The van der Waals surface area contributed by atoms with E-state index in [4.69, 9.17) is 34.8 Å². The Bertz CT molecular complexity index is 1460. The van der Waals surface area contributed by atoms with Crippen LogP contribution in [0.3, 0.4) is 0 Å². The maximum atomic E-state index is 14.0. The van der Waals surface area contributed by atoms with E-state index in [1.54, 1.807) is 43.3 Å². The largest absolute Gasteiger partial charge is 0.354 e. The number of hydrogen-bond acceptors (Lipinski definition) is 4. The normalized spacial score (nSPS) is 12.2. The molecule has 0 bridgehead atoms. The van der Waals surface area contributed by atoms with Gasteiger partial charge in [0, 0.05) is 28.2 Å². The second-order valence-corrected chi connectivity index (χ2v) is 13.0. The second kappa shape index (κ2) is 13.7. The van der Waals surface area contributed by atoms with Crippen LogP contribution in [0.2, 0.25) is 15.1 Å². The van der Waals surface area contributed by atoms with Crippen molar-refractivity contribution in [2.45, 2.75) is 45.2 Å². The monoisotopic (exact) mass is 623 g/mol. The summed E-state index contributed by atoms with van der Waals surface area (Å²) < 4.78 is 28.7. The lowest BCUT2D eigenvalue weighted by molar-refractivity contribution is -0.139. The topological polar surface area (TPSA) is 86.8 Å². The Morgan fingerprint density at radius 3 is 2.15 bits per heavy atom. The lowest BCUT2D eigenvalue weighted by atomic mass is 10.1. The van der Waals surface area contributed by atoms with Crippen LogP contribution in [0.4, 0.5) is 5.69 Å². The van der Waals surface area contributed by atoms with E-state index in [2.05, 4.69) is 5.32 Å². The number of benzene rings is 3. The lowest BCUT2D eigenvalue weighted by Crippen LogP contribution is -2.51. The minimum atomic E-state index is -4.19. The predicted molar refractivity (Wildman–Crippen MR) is 161 cm³/mol. The molecule has 3 rings (SSSR count). The van der Waals surface area contributed by atoms with Crippen LogP contribution in [0.5, 0.6) is 0 Å². The van der Waals surface area contributed by atoms with E-state index >= 15 is 0 Å². The maximum Gasteiger partial charge on any atom is 0.264 e. The van der Waals surface area contributed by atoms with E-state index in [0.717, 1.165) is 9.87 Å². The second-order valence-electron chi connectivity index (χ2n) is 9.88. The first-order chi connectivity index (χ1) is 18.8. The Hall–Kier alpha value is -2.78. The van der Waals surface area contributed by atoms with Gasteiger partial charge in [-0.05, 0) is 79.4 Å². The molecule has 1 atom stereocenters. The Morgan fingerprint density at radius 1 is 0.900 bits per heavy atom.